The molecule has 0 bridgehead atoms. The van der Waals surface area contributed by atoms with E-state index in [1.807, 2.05) is 55.6 Å². The fraction of sp³-hybridized carbons (Fsp3) is 0.333. The van der Waals surface area contributed by atoms with Crippen molar-refractivity contribution in [2.24, 2.45) is 7.05 Å². The number of hydrogen-bond acceptors (Lipinski definition) is 3. The van der Waals surface area contributed by atoms with Crippen LogP contribution in [0.2, 0.25) is 0 Å². The van der Waals surface area contributed by atoms with E-state index < -0.39 is 0 Å². The largest absolute Gasteiger partial charge is 0.493 e. The summed E-state index contributed by atoms with van der Waals surface area (Å²) in [7, 11) is 1.94. The molecule has 0 fully saturated rings. The van der Waals surface area contributed by atoms with Crippen LogP contribution in [0.1, 0.15) is 17.7 Å². The monoisotopic (exact) mass is 346 g/mol. The number of aryl methyl sites for hydroxylation is 4. The molecule has 0 amide bonds. The van der Waals surface area contributed by atoms with Crippen molar-refractivity contribution < 1.29 is 4.74 Å². The molecule has 0 spiro atoms. The zero-order chi connectivity index (χ0) is 16.2. The van der Waals surface area contributed by atoms with Gasteiger partial charge in [0.25, 0.3) is 0 Å². The predicted molar refractivity (Wildman–Crippen MR) is 97.7 cm³/mol. The third-order valence-electron chi connectivity index (χ3n) is 3.90. The second-order valence-corrected chi connectivity index (χ2v) is 5.74. The molecule has 2 heterocycles. The van der Waals surface area contributed by atoms with Gasteiger partial charge in [0, 0.05) is 25.4 Å². The summed E-state index contributed by atoms with van der Waals surface area (Å²) in [6.45, 7) is 5.65. The SMILES string of the molecule is Cc1ccccc1OCCCn1cncc1-c1cn(C)nc1C.Cl. The van der Waals surface area contributed by atoms with Gasteiger partial charge in [0.2, 0.25) is 0 Å². The first-order valence-corrected chi connectivity index (χ1v) is 7.84. The van der Waals surface area contributed by atoms with E-state index in [0.717, 1.165) is 35.7 Å². The first-order valence-electron chi connectivity index (χ1n) is 7.84. The van der Waals surface area contributed by atoms with E-state index in [9.17, 15) is 0 Å². The van der Waals surface area contributed by atoms with Crippen molar-refractivity contribution in [3.63, 3.8) is 0 Å². The van der Waals surface area contributed by atoms with Crippen LogP contribution in [-0.2, 0) is 13.6 Å². The molecule has 3 rings (SSSR count). The molecule has 0 unspecified atom stereocenters. The smallest absolute Gasteiger partial charge is 0.122 e. The van der Waals surface area contributed by atoms with Crippen molar-refractivity contribution in [1.82, 2.24) is 19.3 Å². The van der Waals surface area contributed by atoms with Gasteiger partial charge in [-0.15, -0.1) is 12.4 Å². The van der Waals surface area contributed by atoms with Gasteiger partial charge in [0.05, 0.1) is 30.5 Å². The van der Waals surface area contributed by atoms with Crippen LogP contribution >= 0.6 is 12.4 Å². The normalized spacial score (nSPS) is 10.5. The van der Waals surface area contributed by atoms with Gasteiger partial charge in [-0.2, -0.15) is 5.10 Å². The van der Waals surface area contributed by atoms with Gasteiger partial charge in [0.15, 0.2) is 0 Å². The Labute approximate surface area is 148 Å². The van der Waals surface area contributed by atoms with Crippen molar-refractivity contribution in [3.05, 3.63) is 54.2 Å². The average Bonchev–Trinajstić information content (AvgIpc) is 3.11. The molecule has 6 heteroatoms. The van der Waals surface area contributed by atoms with Crippen LogP contribution in [0.4, 0.5) is 0 Å². The molecule has 24 heavy (non-hydrogen) atoms. The molecule has 0 aliphatic carbocycles. The van der Waals surface area contributed by atoms with Crippen LogP contribution in [0, 0.1) is 13.8 Å². The third-order valence-corrected chi connectivity index (χ3v) is 3.90. The van der Waals surface area contributed by atoms with Crippen LogP contribution in [0.3, 0.4) is 0 Å². The predicted octanol–water partition coefficient (Wildman–Crippen LogP) is 3.79. The van der Waals surface area contributed by atoms with E-state index in [2.05, 4.69) is 27.6 Å². The van der Waals surface area contributed by atoms with Crippen LogP contribution in [-0.4, -0.2) is 25.9 Å². The highest BCUT2D eigenvalue weighted by Gasteiger charge is 2.11. The van der Waals surface area contributed by atoms with Gasteiger partial charge in [-0.05, 0) is 31.9 Å². The number of benzene rings is 1. The van der Waals surface area contributed by atoms with Gasteiger partial charge < -0.3 is 9.30 Å². The molecule has 0 N–H and O–H groups in total. The summed E-state index contributed by atoms with van der Waals surface area (Å²) in [4.78, 5) is 4.29. The Morgan fingerprint density at radius 2 is 1.96 bits per heavy atom. The minimum absolute atomic E-state index is 0. The lowest BCUT2D eigenvalue weighted by Gasteiger charge is -2.10. The Balaban J connectivity index is 0.00000208. The summed E-state index contributed by atoms with van der Waals surface area (Å²) in [5.74, 6) is 0.960. The van der Waals surface area contributed by atoms with Crippen molar-refractivity contribution >= 4 is 12.4 Å². The summed E-state index contributed by atoms with van der Waals surface area (Å²) in [5.41, 5.74) is 4.42. The van der Waals surface area contributed by atoms with Crippen molar-refractivity contribution in [2.75, 3.05) is 6.61 Å². The van der Waals surface area contributed by atoms with Gasteiger partial charge in [-0.3, -0.25) is 4.68 Å². The molecular formula is C18H23ClN4O. The van der Waals surface area contributed by atoms with Crippen LogP contribution in [0.25, 0.3) is 11.3 Å². The molecule has 0 saturated carbocycles. The van der Waals surface area contributed by atoms with E-state index in [-0.39, 0.29) is 12.4 Å². The molecular weight excluding hydrogens is 324 g/mol. The van der Waals surface area contributed by atoms with E-state index in [1.54, 1.807) is 0 Å². The van der Waals surface area contributed by atoms with Crippen molar-refractivity contribution in [2.45, 2.75) is 26.8 Å². The summed E-state index contributed by atoms with van der Waals surface area (Å²) < 4.78 is 9.85. The standard InChI is InChI=1S/C18H22N4O.ClH/c1-14-7-4-5-8-18(14)23-10-6-9-22-13-19-11-17(22)16-12-21(3)20-15(16)2;/h4-5,7-8,11-13H,6,9-10H2,1-3H3;1H. The fourth-order valence-electron chi connectivity index (χ4n) is 2.71. The molecule has 3 aromatic rings. The summed E-state index contributed by atoms with van der Waals surface area (Å²) in [5, 5.41) is 4.40. The number of aromatic nitrogens is 4. The van der Waals surface area contributed by atoms with Crippen LogP contribution in [0.15, 0.2) is 43.0 Å². The van der Waals surface area contributed by atoms with Crippen LogP contribution < -0.4 is 4.74 Å². The van der Waals surface area contributed by atoms with E-state index in [1.165, 1.54) is 5.56 Å². The van der Waals surface area contributed by atoms with Gasteiger partial charge in [0.1, 0.15) is 5.75 Å². The second kappa shape index (κ2) is 8.02. The molecule has 0 atom stereocenters. The highest BCUT2D eigenvalue weighted by Crippen LogP contribution is 2.22. The Bertz CT molecular complexity index is 794. The Morgan fingerprint density at radius 1 is 1.17 bits per heavy atom. The Morgan fingerprint density at radius 3 is 2.67 bits per heavy atom. The third kappa shape index (κ3) is 3.97. The maximum Gasteiger partial charge on any atom is 0.122 e. The van der Waals surface area contributed by atoms with E-state index in [4.69, 9.17) is 4.74 Å². The molecule has 5 nitrogen and oxygen atoms in total. The minimum Gasteiger partial charge on any atom is -0.493 e. The molecule has 1 aromatic carbocycles. The average molecular weight is 347 g/mol. The number of halogens is 1. The quantitative estimate of drug-likeness (QED) is 0.638. The second-order valence-electron chi connectivity index (χ2n) is 5.74. The molecule has 0 aliphatic rings. The topological polar surface area (TPSA) is 44.9 Å². The van der Waals surface area contributed by atoms with Crippen LogP contribution in [0.5, 0.6) is 5.75 Å². The van der Waals surface area contributed by atoms with E-state index in [0.29, 0.717) is 6.61 Å². The maximum atomic E-state index is 5.86. The number of rotatable bonds is 6. The summed E-state index contributed by atoms with van der Waals surface area (Å²) in [6.07, 6.45) is 6.73. The summed E-state index contributed by atoms with van der Waals surface area (Å²) in [6, 6.07) is 8.10. The van der Waals surface area contributed by atoms with Crippen molar-refractivity contribution in [3.8, 4) is 17.0 Å². The number of para-hydroxylation sites is 1. The first-order chi connectivity index (χ1) is 11.1. The Hall–Kier alpha value is -2.27. The van der Waals surface area contributed by atoms with Gasteiger partial charge in [-0.1, -0.05) is 18.2 Å². The number of imidazole rings is 1. The molecule has 0 radical (unpaired) electrons. The number of hydrogen-bond donors (Lipinski definition) is 0. The van der Waals surface area contributed by atoms with Gasteiger partial charge >= 0.3 is 0 Å². The highest BCUT2D eigenvalue weighted by atomic mass is 35.5. The fourth-order valence-corrected chi connectivity index (χ4v) is 2.71. The van der Waals surface area contributed by atoms with Crippen molar-refractivity contribution in [1.29, 1.82) is 0 Å². The lowest BCUT2D eigenvalue weighted by molar-refractivity contribution is 0.300. The van der Waals surface area contributed by atoms with E-state index >= 15 is 0 Å². The zero-order valence-electron chi connectivity index (χ0n) is 14.3. The number of nitrogens with zero attached hydrogens (tertiary/aromatic N) is 4. The lowest BCUT2D eigenvalue weighted by atomic mass is 10.2. The minimum atomic E-state index is 0. The maximum absolute atomic E-state index is 5.86. The number of ether oxygens (including phenoxy) is 1. The first kappa shape index (κ1) is 18.1. The molecule has 128 valence electrons. The molecule has 0 aliphatic heterocycles. The van der Waals surface area contributed by atoms with Gasteiger partial charge in [-0.25, -0.2) is 4.98 Å². The Kier molecular flexibility index (Phi) is 6.04. The summed E-state index contributed by atoms with van der Waals surface area (Å²) >= 11 is 0. The molecule has 2 aromatic heterocycles. The lowest BCUT2D eigenvalue weighted by Crippen LogP contribution is -2.05. The highest BCUT2D eigenvalue weighted by molar-refractivity contribution is 5.85. The molecule has 0 saturated heterocycles. The zero-order valence-corrected chi connectivity index (χ0v) is 15.1.